The van der Waals surface area contributed by atoms with Gasteiger partial charge < -0.3 is 83.6 Å². The number of carbonyl (C=O) groups is 11. The van der Waals surface area contributed by atoms with Gasteiger partial charge in [0.05, 0.1) is 43.4 Å². The van der Waals surface area contributed by atoms with E-state index < -0.39 is 70.0 Å². The second kappa shape index (κ2) is 39.8. The van der Waals surface area contributed by atoms with E-state index in [1.807, 2.05) is 32.9 Å². The van der Waals surface area contributed by atoms with E-state index in [9.17, 15) is 57.8 Å². The molecule has 3 unspecified atom stereocenters. The van der Waals surface area contributed by atoms with Crippen molar-refractivity contribution in [3.05, 3.63) is 29.8 Å². The maximum atomic E-state index is 13.2. The minimum absolute atomic E-state index is 0.0158. The van der Waals surface area contributed by atoms with E-state index in [1.165, 1.54) is 0 Å². The number of benzene rings is 1. The highest BCUT2D eigenvalue weighted by Crippen LogP contribution is 2.33. The maximum absolute atomic E-state index is 13.2. The molecule has 0 radical (unpaired) electrons. The van der Waals surface area contributed by atoms with Crippen molar-refractivity contribution in [1.82, 2.24) is 37.2 Å². The van der Waals surface area contributed by atoms with Crippen LogP contribution in [0.2, 0.25) is 0 Å². The zero-order chi connectivity index (χ0) is 64.3. The number of ether oxygens (including phenoxy) is 2. The predicted octanol–water partition coefficient (Wildman–Crippen LogP) is 2.26. The highest BCUT2D eigenvalue weighted by molar-refractivity contribution is 5.96. The number of Topliss-reactive ketones (excluding diaryl/α,β-unsaturated/α-hetero) is 1. The average molecular weight is 1190 g/mol. The van der Waals surface area contributed by atoms with E-state index in [0.717, 1.165) is 18.5 Å². The minimum Gasteiger partial charge on any atom is -0.481 e. The van der Waals surface area contributed by atoms with E-state index in [-0.39, 0.29) is 107 Å². The number of rotatable bonds is 38. The van der Waals surface area contributed by atoms with Crippen LogP contribution in [-0.2, 0) is 57.4 Å². The second-order valence-electron chi connectivity index (χ2n) is 23.7. The van der Waals surface area contributed by atoms with Crippen LogP contribution in [0.25, 0.3) is 0 Å². The van der Waals surface area contributed by atoms with Crippen LogP contribution < -0.4 is 54.0 Å². The molecule has 0 bridgehead atoms. The molecule has 0 saturated heterocycles. The Hall–Kier alpha value is -6.61. The highest BCUT2D eigenvalue weighted by atomic mass is 16.5. The summed E-state index contributed by atoms with van der Waals surface area (Å²) in [6, 6.07) is 4.24. The van der Waals surface area contributed by atoms with Crippen LogP contribution in [0, 0.1) is 22.7 Å². The zero-order valence-corrected chi connectivity index (χ0v) is 51.4. The van der Waals surface area contributed by atoms with E-state index in [2.05, 4.69) is 49.5 Å². The van der Waals surface area contributed by atoms with Gasteiger partial charge in [0.1, 0.15) is 25.0 Å². The number of aliphatic carboxylic acids is 3. The van der Waals surface area contributed by atoms with Crippen molar-refractivity contribution in [2.24, 2.45) is 34.1 Å². The molecule has 0 aromatic heterocycles. The van der Waals surface area contributed by atoms with Gasteiger partial charge in [-0.15, -0.1) is 0 Å². The number of carbonyl (C=O) groups excluding carboxylic acids is 8. The van der Waals surface area contributed by atoms with Crippen molar-refractivity contribution in [3.8, 4) is 0 Å². The monoisotopic (exact) mass is 1190 g/mol. The van der Waals surface area contributed by atoms with Crippen LogP contribution in [0.15, 0.2) is 24.3 Å². The molecule has 1 aliphatic rings. The first-order valence-electron chi connectivity index (χ1n) is 28.7. The van der Waals surface area contributed by atoms with Crippen molar-refractivity contribution >= 4 is 71.1 Å². The van der Waals surface area contributed by atoms with Crippen LogP contribution in [0.5, 0.6) is 0 Å². The molecule has 26 heteroatoms. The molecule has 3 atom stereocenters. The third kappa shape index (κ3) is 34.2. The fourth-order valence-electron chi connectivity index (χ4n) is 8.49. The Bertz CT molecular complexity index is 2220. The summed E-state index contributed by atoms with van der Waals surface area (Å²) in [5, 5.41) is 50.1. The molecule has 2 rings (SSSR count). The molecule has 0 aliphatic heterocycles. The lowest BCUT2D eigenvalue weighted by Crippen LogP contribution is -2.56. The minimum atomic E-state index is -1.26. The summed E-state index contributed by atoms with van der Waals surface area (Å²) in [5.74, 6) is -5.47. The topological polar surface area (TPSA) is 415 Å². The second-order valence-corrected chi connectivity index (χ2v) is 23.7. The molecule has 84 heavy (non-hydrogen) atoms. The number of carboxylic acid groups (broad SMARTS) is 3. The number of amides is 6. The summed E-state index contributed by atoms with van der Waals surface area (Å²) in [7, 11) is 1.55. The van der Waals surface area contributed by atoms with Gasteiger partial charge in [0, 0.05) is 74.2 Å². The Kier molecular flexibility index (Phi) is 36.7. The summed E-state index contributed by atoms with van der Waals surface area (Å²) in [4.78, 5) is 130. The van der Waals surface area contributed by atoms with Crippen molar-refractivity contribution < 1.29 is 77.5 Å². The number of primary amides is 1. The number of ketones is 1. The standard InChI is InChI=1S/C27H45N3O10.C22H38N6O3.C9H17NO3/c1-18-4-6-19(7-5-18)25(36)30-21(26(37)38)8-10-22(32)29-20(9-11-23(33)34)24(35)27(2,3)28-12-14-39-16-17-40-15-13-31;1-22(2,3)27-15-19(29)28-18(21(31)24-4)7-5-6-13-26-20(30)16-8-10-17(11-9-16)25-14-12-23;1-8(2,6(10)11)5-9(3,4)7(12)13/h13,18-21,28H,4-12,14-17H2,1-3H3,(H,29,32)(H,30,36)(H,33,34)(H,37,38);8-11,18,25,27H,5-7,12-15,23H2,1-4H3,(H,24,31)(H,26,30)(H,28,29);5H2,1-4H3,(H2,10,11)(H,12,13). The van der Waals surface area contributed by atoms with Gasteiger partial charge in [0.25, 0.3) is 5.91 Å². The molecule has 1 aromatic carbocycles. The van der Waals surface area contributed by atoms with Crippen LogP contribution in [0.1, 0.15) is 157 Å². The van der Waals surface area contributed by atoms with E-state index in [1.54, 1.807) is 60.7 Å². The molecule has 0 heterocycles. The number of hydrogen-bond acceptors (Lipinski definition) is 17. The molecule has 0 spiro atoms. The van der Waals surface area contributed by atoms with Gasteiger partial charge in [0.2, 0.25) is 29.5 Å². The lowest BCUT2D eigenvalue weighted by molar-refractivity contribution is -0.149. The van der Waals surface area contributed by atoms with Crippen LogP contribution in [0.3, 0.4) is 0 Å². The first kappa shape index (κ1) is 77.4. The lowest BCUT2D eigenvalue weighted by Gasteiger charge is -2.30. The zero-order valence-electron chi connectivity index (χ0n) is 51.4. The van der Waals surface area contributed by atoms with E-state index in [4.69, 9.17) is 31.2 Å². The fourth-order valence-corrected chi connectivity index (χ4v) is 8.49. The number of unbranched alkanes of at least 4 members (excludes halogenated alkanes) is 1. The Balaban J connectivity index is 0.00000138. The predicted molar refractivity (Wildman–Crippen MR) is 316 cm³/mol. The summed E-state index contributed by atoms with van der Waals surface area (Å²) in [5.41, 5.74) is 9.09. The molecule has 15 N–H and O–H groups in total. The molecule has 6 amide bonds. The Morgan fingerprint density at radius 3 is 1.82 bits per heavy atom. The van der Waals surface area contributed by atoms with Crippen molar-refractivity contribution in [3.63, 3.8) is 0 Å². The van der Waals surface area contributed by atoms with Gasteiger partial charge >= 0.3 is 17.9 Å². The van der Waals surface area contributed by atoms with Crippen molar-refractivity contribution in [2.45, 2.75) is 175 Å². The number of aldehydes is 1. The Morgan fingerprint density at radius 2 is 1.29 bits per heavy atom. The highest BCUT2D eigenvalue weighted by Gasteiger charge is 2.38. The Morgan fingerprint density at radius 1 is 0.690 bits per heavy atom. The molecule has 1 fully saturated rings. The van der Waals surface area contributed by atoms with Crippen molar-refractivity contribution in [1.29, 1.82) is 0 Å². The molecule has 1 aliphatic carbocycles. The molecule has 478 valence electrons. The molecule has 26 nitrogen and oxygen atoms in total. The number of hydrogen-bond donors (Lipinski definition) is 13. The average Bonchev–Trinajstić information content (AvgIpc) is 3.60. The number of nitrogens with two attached hydrogens (primary N) is 2. The number of carboxylic acids is 3. The largest absolute Gasteiger partial charge is 0.481 e. The number of likely N-dealkylation sites (N-methyl/N-ethyl adjacent to an activating group) is 1. The first-order chi connectivity index (χ1) is 39.1. The summed E-state index contributed by atoms with van der Waals surface area (Å²) >= 11 is 0. The summed E-state index contributed by atoms with van der Waals surface area (Å²) in [6.07, 6.45) is 5.00. The van der Waals surface area contributed by atoms with E-state index >= 15 is 0 Å². The third-order valence-electron chi connectivity index (χ3n) is 13.6. The number of nitrogens with one attached hydrogen (secondary N) is 8. The Labute approximate surface area is 495 Å². The van der Waals surface area contributed by atoms with Gasteiger partial charge in [-0.05, 0) is 143 Å². The lowest BCUT2D eigenvalue weighted by atomic mass is 9.75. The van der Waals surface area contributed by atoms with Crippen LogP contribution in [0.4, 0.5) is 5.69 Å². The maximum Gasteiger partial charge on any atom is 0.326 e. The quantitative estimate of drug-likeness (QED) is 0.0333. The van der Waals surface area contributed by atoms with Gasteiger partial charge in [-0.2, -0.15) is 0 Å². The van der Waals surface area contributed by atoms with Gasteiger partial charge in [-0.3, -0.25) is 43.2 Å². The normalized spacial score (nSPS) is 15.3. The van der Waals surface area contributed by atoms with Crippen LogP contribution >= 0.6 is 0 Å². The SMILES string of the molecule is CC(C)(CC(C)(C)C(=O)O)C(N)=O.CC1CCC(C(=O)NC(CCC(=O)NC(CCC(=O)O)C(=O)C(C)(C)NCCOCCOCC=O)C(=O)O)CC1.CNC(=O)C(CCCCNC(=O)c1ccc(NCCN)cc1)NC(=O)CNC(C)(C)C. The van der Waals surface area contributed by atoms with E-state index in [0.29, 0.717) is 69.5 Å². The molecule has 1 saturated carbocycles. The molecular formula is C58H100N10O16. The van der Waals surface area contributed by atoms with Gasteiger partial charge in [0.15, 0.2) is 5.78 Å². The van der Waals surface area contributed by atoms with Gasteiger partial charge in [-0.1, -0.05) is 20.8 Å². The van der Waals surface area contributed by atoms with Crippen LogP contribution in [-0.4, -0.2) is 176 Å². The summed E-state index contributed by atoms with van der Waals surface area (Å²) in [6.45, 7) is 20.6. The first-order valence-corrected chi connectivity index (χ1v) is 28.7. The third-order valence-corrected chi connectivity index (χ3v) is 13.6. The van der Waals surface area contributed by atoms with Gasteiger partial charge in [-0.25, -0.2) is 4.79 Å². The smallest absolute Gasteiger partial charge is 0.326 e. The number of anilines is 1. The molecular weight excluding hydrogens is 1090 g/mol. The summed E-state index contributed by atoms with van der Waals surface area (Å²) < 4.78 is 10.3. The molecule has 1 aromatic rings. The van der Waals surface area contributed by atoms with Crippen molar-refractivity contribution in [2.75, 3.05) is 71.5 Å². The fraction of sp³-hybridized carbons (Fsp3) is 0.707.